The Morgan fingerprint density at radius 3 is 2.56 bits per heavy atom. The normalized spacial score (nSPS) is 14.1. The van der Waals surface area contributed by atoms with E-state index in [0.717, 1.165) is 44.9 Å². The van der Waals surface area contributed by atoms with Crippen LogP contribution >= 0.6 is 24.0 Å². The van der Waals surface area contributed by atoms with Crippen molar-refractivity contribution in [2.75, 3.05) is 57.3 Å². The highest BCUT2D eigenvalue weighted by molar-refractivity contribution is 14.0. The number of nitrogens with zero attached hydrogens (tertiary/aromatic N) is 3. The third kappa shape index (κ3) is 8.70. The average molecular weight is 555 g/mol. The van der Waals surface area contributed by atoms with Crippen LogP contribution in [0.25, 0.3) is 0 Å². The molecule has 176 valence electrons. The number of para-hydroxylation sites is 1. The van der Waals surface area contributed by atoms with Gasteiger partial charge in [-0.2, -0.15) is 0 Å². The summed E-state index contributed by atoms with van der Waals surface area (Å²) < 4.78 is 10.8. The number of aliphatic imine (C=N–C) groups is 1. The maximum atomic E-state index is 12.6. The summed E-state index contributed by atoms with van der Waals surface area (Å²) in [6.45, 7) is 7.85. The van der Waals surface area contributed by atoms with E-state index in [1.165, 1.54) is 5.69 Å². The van der Waals surface area contributed by atoms with Crippen molar-refractivity contribution < 1.29 is 13.9 Å². The van der Waals surface area contributed by atoms with Crippen molar-refractivity contribution in [2.24, 2.45) is 4.99 Å². The number of furan rings is 1. The first-order chi connectivity index (χ1) is 15.3. The van der Waals surface area contributed by atoms with E-state index in [9.17, 15) is 4.79 Å². The third-order valence-corrected chi connectivity index (χ3v) is 5.05. The van der Waals surface area contributed by atoms with Crippen molar-refractivity contribution in [1.29, 1.82) is 0 Å². The van der Waals surface area contributed by atoms with Gasteiger partial charge in [0, 0.05) is 51.6 Å². The summed E-state index contributed by atoms with van der Waals surface area (Å²) in [6, 6.07) is 14.1. The molecule has 0 aliphatic carbocycles. The van der Waals surface area contributed by atoms with Gasteiger partial charge in [-0.05, 0) is 37.6 Å². The summed E-state index contributed by atoms with van der Waals surface area (Å²) in [4.78, 5) is 21.3. The molecule has 1 saturated heterocycles. The van der Waals surface area contributed by atoms with E-state index in [1.54, 1.807) is 6.26 Å². The van der Waals surface area contributed by atoms with E-state index in [-0.39, 0.29) is 36.4 Å². The van der Waals surface area contributed by atoms with Crippen molar-refractivity contribution in [2.45, 2.75) is 20.0 Å². The summed E-state index contributed by atoms with van der Waals surface area (Å²) in [7, 11) is 0. The molecule has 1 aromatic carbocycles. The van der Waals surface area contributed by atoms with Crippen LogP contribution in [0, 0.1) is 0 Å². The molecule has 9 heteroatoms. The van der Waals surface area contributed by atoms with E-state index in [2.05, 4.69) is 32.7 Å². The summed E-state index contributed by atoms with van der Waals surface area (Å²) >= 11 is 0. The van der Waals surface area contributed by atoms with Crippen molar-refractivity contribution in [3.63, 3.8) is 0 Å². The van der Waals surface area contributed by atoms with E-state index >= 15 is 0 Å². The van der Waals surface area contributed by atoms with Crippen LogP contribution in [0.3, 0.4) is 0 Å². The molecular formula is C23H34IN5O3. The fourth-order valence-electron chi connectivity index (χ4n) is 3.39. The number of halogens is 1. The number of carbonyl (C=O) groups excluding carboxylic acids is 1. The molecule has 0 atom stereocenters. The van der Waals surface area contributed by atoms with Crippen LogP contribution in [0.4, 0.5) is 5.69 Å². The van der Waals surface area contributed by atoms with Crippen molar-refractivity contribution >= 4 is 41.5 Å². The zero-order valence-corrected chi connectivity index (χ0v) is 21.0. The molecule has 0 unspecified atom stereocenters. The lowest BCUT2D eigenvalue weighted by molar-refractivity contribution is -0.129. The number of hydrogen-bond donors (Lipinski definition) is 2. The summed E-state index contributed by atoms with van der Waals surface area (Å²) in [5, 5.41) is 6.44. The molecular weight excluding hydrogens is 521 g/mol. The van der Waals surface area contributed by atoms with E-state index in [4.69, 9.17) is 9.15 Å². The zero-order chi connectivity index (χ0) is 21.7. The number of amides is 1. The molecule has 1 fully saturated rings. The number of carbonyl (C=O) groups is 1. The predicted molar refractivity (Wildman–Crippen MR) is 138 cm³/mol. The number of anilines is 1. The van der Waals surface area contributed by atoms with Gasteiger partial charge in [0.25, 0.3) is 0 Å². The van der Waals surface area contributed by atoms with Crippen LogP contribution in [0.2, 0.25) is 0 Å². The molecule has 0 saturated carbocycles. The lowest BCUT2D eigenvalue weighted by atomic mass is 10.2. The first-order valence-electron chi connectivity index (χ1n) is 11.0. The van der Waals surface area contributed by atoms with Gasteiger partial charge in [-0.1, -0.05) is 18.2 Å². The van der Waals surface area contributed by atoms with Crippen LogP contribution in [0.5, 0.6) is 0 Å². The largest absolute Gasteiger partial charge is 0.467 e. The average Bonchev–Trinajstić information content (AvgIpc) is 3.33. The van der Waals surface area contributed by atoms with Crippen LogP contribution in [0.15, 0.2) is 58.1 Å². The van der Waals surface area contributed by atoms with Crippen LogP contribution < -0.4 is 15.5 Å². The Labute approximate surface area is 207 Å². The smallest absolute Gasteiger partial charge is 0.244 e. The van der Waals surface area contributed by atoms with Crippen molar-refractivity contribution in [1.82, 2.24) is 15.5 Å². The van der Waals surface area contributed by atoms with E-state index in [0.29, 0.717) is 25.7 Å². The lowest BCUT2D eigenvalue weighted by Gasteiger charge is -2.36. The molecule has 0 radical (unpaired) electrons. The number of benzene rings is 1. The topological polar surface area (TPSA) is 82.3 Å². The molecule has 32 heavy (non-hydrogen) atoms. The molecule has 2 aromatic rings. The number of ether oxygens (including phenoxy) is 1. The number of nitrogens with one attached hydrogen (secondary N) is 2. The van der Waals surface area contributed by atoms with Gasteiger partial charge < -0.3 is 29.6 Å². The molecule has 0 bridgehead atoms. The van der Waals surface area contributed by atoms with Crippen LogP contribution in [-0.4, -0.2) is 69.2 Å². The first-order valence-corrected chi connectivity index (χ1v) is 11.0. The summed E-state index contributed by atoms with van der Waals surface area (Å²) in [5.74, 6) is 1.54. The van der Waals surface area contributed by atoms with E-state index in [1.807, 2.05) is 42.2 Å². The Kier molecular flexibility index (Phi) is 12.0. The van der Waals surface area contributed by atoms with Gasteiger partial charge in [0.05, 0.1) is 6.26 Å². The maximum Gasteiger partial charge on any atom is 0.244 e. The fraction of sp³-hybridized carbons (Fsp3) is 0.478. The van der Waals surface area contributed by atoms with Gasteiger partial charge in [-0.15, -0.1) is 24.0 Å². The second-order valence-electron chi connectivity index (χ2n) is 7.31. The molecule has 3 rings (SSSR count). The number of hydrogen-bond acceptors (Lipinski definition) is 5. The van der Waals surface area contributed by atoms with Crippen LogP contribution in [-0.2, 0) is 16.1 Å². The molecule has 1 aromatic heterocycles. The number of rotatable bonds is 10. The zero-order valence-electron chi connectivity index (χ0n) is 18.7. The molecule has 8 nitrogen and oxygen atoms in total. The molecule has 1 aliphatic heterocycles. The van der Waals surface area contributed by atoms with Gasteiger partial charge in [0.2, 0.25) is 5.91 Å². The Morgan fingerprint density at radius 2 is 1.88 bits per heavy atom. The van der Waals surface area contributed by atoms with Gasteiger partial charge in [-0.25, -0.2) is 4.99 Å². The predicted octanol–water partition coefficient (Wildman–Crippen LogP) is 2.71. The van der Waals surface area contributed by atoms with E-state index < -0.39 is 0 Å². The lowest BCUT2D eigenvalue weighted by Crippen LogP contribution is -2.49. The molecule has 2 heterocycles. The van der Waals surface area contributed by atoms with Crippen molar-refractivity contribution in [3.05, 3.63) is 54.5 Å². The molecule has 0 spiro atoms. The fourth-order valence-corrected chi connectivity index (χ4v) is 3.39. The summed E-state index contributed by atoms with van der Waals surface area (Å²) in [5.41, 5.74) is 1.21. The van der Waals surface area contributed by atoms with Gasteiger partial charge in [0.15, 0.2) is 5.96 Å². The van der Waals surface area contributed by atoms with Gasteiger partial charge in [0.1, 0.15) is 18.9 Å². The highest BCUT2D eigenvalue weighted by Crippen LogP contribution is 2.15. The first kappa shape index (κ1) is 26.0. The minimum absolute atomic E-state index is 0. The highest BCUT2D eigenvalue weighted by Gasteiger charge is 2.20. The Balaban J connectivity index is 0.00000363. The third-order valence-electron chi connectivity index (χ3n) is 5.05. The Hall–Kier alpha value is -2.27. The Morgan fingerprint density at radius 1 is 1.09 bits per heavy atom. The Bertz CT molecular complexity index is 793. The quantitative estimate of drug-likeness (QED) is 0.203. The molecule has 1 amide bonds. The second-order valence-corrected chi connectivity index (χ2v) is 7.31. The minimum atomic E-state index is 0. The minimum Gasteiger partial charge on any atom is -0.467 e. The second kappa shape index (κ2) is 14.7. The number of guanidine groups is 1. The molecule has 2 N–H and O–H groups in total. The van der Waals surface area contributed by atoms with Gasteiger partial charge >= 0.3 is 0 Å². The van der Waals surface area contributed by atoms with Crippen molar-refractivity contribution in [3.8, 4) is 0 Å². The maximum absolute atomic E-state index is 12.6. The van der Waals surface area contributed by atoms with Gasteiger partial charge in [-0.3, -0.25) is 4.79 Å². The number of piperazine rings is 1. The SMILES string of the molecule is CCNC(=NCC(=O)N1CCN(c2ccccc2)CC1)NCCCOCc1ccco1.I. The standard InChI is InChI=1S/C23H33N5O3.HI/c1-2-24-23(25-11-7-16-30-19-21-10-6-17-31-21)26-18-22(29)28-14-12-27(13-15-28)20-8-4-3-5-9-20;/h3-6,8-10,17H,2,7,11-16,18-19H2,1H3,(H2,24,25,26);1H. The molecule has 1 aliphatic rings. The van der Waals surface area contributed by atoms with Crippen LogP contribution in [0.1, 0.15) is 19.1 Å². The highest BCUT2D eigenvalue weighted by atomic mass is 127. The summed E-state index contributed by atoms with van der Waals surface area (Å²) in [6.07, 6.45) is 2.48. The monoisotopic (exact) mass is 555 g/mol.